The summed E-state index contributed by atoms with van der Waals surface area (Å²) in [6.45, 7) is 4.54. The van der Waals surface area contributed by atoms with E-state index in [1.165, 1.54) is 0 Å². The molecule has 1 amide bonds. The summed E-state index contributed by atoms with van der Waals surface area (Å²) >= 11 is 0. The highest BCUT2D eigenvalue weighted by molar-refractivity contribution is 5.94. The topological polar surface area (TPSA) is 38.3 Å². The van der Waals surface area contributed by atoms with E-state index >= 15 is 0 Å². The number of carbonyl (C=O) groups excluding carboxylic acids is 1. The van der Waals surface area contributed by atoms with Crippen LogP contribution in [0.3, 0.4) is 0 Å². The van der Waals surface area contributed by atoms with Crippen molar-refractivity contribution in [3.05, 3.63) is 78.4 Å². The molecule has 0 heterocycles. The summed E-state index contributed by atoms with van der Waals surface area (Å²) in [7, 11) is 0. The van der Waals surface area contributed by atoms with E-state index < -0.39 is 0 Å². The van der Waals surface area contributed by atoms with Crippen molar-refractivity contribution in [1.82, 2.24) is 5.32 Å². The first-order chi connectivity index (χ1) is 9.79. The normalized spacial score (nSPS) is 9.80. The average molecular weight is 267 g/mol. The summed E-state index contributed by atoms with van der Waals surface area (Å²) in [6.07, 6.45) is 1.65. The Morgan fingerprint density at radius 2 is 1.80 bits per heavy atom. The zero-order chi connectivity index (χ0) is 14.2. The fourth-order valence-corrected chi connectivity index (χ4v) is 1.71. The minimum absolute atomic E-state index is 0.112. The molecule has 0 unspecified atom stereocenters. The van der Waals surface area contributed by atoms with Crippen LogP contribution in [0.15, 0.2) is 67.3 Å². The van der Waals surface area contributed by atoms with E-state index in [2.05, 4.69) is 11.9 Å². The Kier molecular flexibility index (Phi) is 4.95. The molecule has 2 aromatic rings. The molecule has 0 fully saturated rings. The first-order valence-corrected chi connectivity index (χ1v) is 6.45. The molecule has 0 saturated carbocycles. The fourth-order valence-electron chi connectivity index (χ4n) is 1.71. The van der Waals surface area contributed by atoms with Crippen LogP contribution in [0, 0.1) is 0 Å². The number of amides is 1. The monoisotopic (exact) mass is 267 g/mol. The summed E-state index contributed by atoms with van der Waals surface area (Å²) in [5.74, 6) is 0.633. The lowest BCUT2D eigenvalue weighted by Crippen LogP contribution is -2.22. The van der Waals surface area contributed by atoms with Crippen LogP contribution in [0.1, 0.15) is 15.9 Å². The molecule has 0 atom stereocenters. The molecule has 102 valence electrons. The molecular weight excluding hydrogens is 250 g/mol. The smallest absolute Gasteiger partial charge is 0.251 e. The lowest BCUT2D eigenvalue weighted by atomic mass is 10.2. The van der Waals surface area contributed by atoms with Crippen molar-refractivity contribution in [2.75, 3.05) is 6.54 Å². The van der Waals surface area contributed by atoms with Crippen molar-refractivity contribution in [2.45, 2.75) is 6.61 Å². The lowest BCUT2D eigenvalue weighted by molar-refractivity contribution is 0.0958. The molecule has 0 radical (unpaired) electrons. The molecule has 0 aliphatic rings. The Labute approximate surface area is 118 Å². The summed E-state index contributed by atoms with van der Waals surface area (Å²) < 4.78 is 5.66. The lowest BCUT2D eigenvalue weighted by Gasteiger charge is -2.07. The number of hydrogen-bond donors (Lipinski definition) is 1. The van der Waals surface area contributed by atoms with E-state index in [0.717, 1.165) is 11.3 Å². The summed E-state index contributed by atoms with van der Waals surface area (Å²) in [4.78, 5) is 11.7. The van der Waals surface area contributed by atoms with E-state index in [4.69, 9.17) is 4.74 Å². The van der Waals surface area contributed by atoms with Gasteiger partial charge >= 0.3 is 0 Å². The van der Waals surface area contributed by atoms with Crippen LogP contribution in [0.25, 0.3) is 0 Å². The third-order valence-corrected chi connectivity index (χ3v) is 2.77. The quantitative estimate of drug-likeness (QED) is 0.816. The third-order valence-electron chi connectivity index (χ3n) is 2.77. The number of ether oxygens (including phenoxy) is 1. The molecule has 0 aromatic heterocycles. The SMILES string of the molecule is C=CCNC(=O)c1ccc(OCc2ccccc2)cc1. The first kappa shape index (κ1) is 13.9. The maximum atomic E-state index is 11.7. The molecule has 20 heavy (non-hydrogen) atoms. The molecule has 3 nitrogen and oxygen atoms in total. The molecular formula is C17H17NO2. The standard InChI is InChI=1S/C17H17NO2/c1-2-12-18-17(19)15-8-10-16(11-9-15)20-13-14-6-4-3-5-7-14/h2-11H,1,12-13H2,(H,18,19). The van der Waals surface area contributed by atoms with Gasteiger partial charge in [0, 0.05) is 12.1 Å². The molecule has 1 N–H and O–H groups in total. The van der Waals surface area contributed by atoms with Gasteiger partial charge in [-0.15, -0.1) is 6.58 Å². The second-order valence-corrected chi connectivity index (χ2v) is 4.30. The number of nitrogens with one attached hydrogen (secondary N) is 1. The predicted octanol–water partition coefficient (Wildman–Crippen LogP) is 3.18. The number of carbonyl (C=O) groups is 1. The predicted molar refractivity (Wildman–Crippen MR) is 79.7 cm³/mol. The van der Waals surface area contributed by atoms with E-state index in [1.807, 2.05) is 30.3 Å². The Balaban J connectivity index is 1.91. The van der Waals surface area contributed by atoms with Gasteiger partial charge in [0.15, 0.2) is 0 Å². The van der Waals surface area contributed by atoms with Gasteiger partial charge in [0.1, 0.15) is 12.4 Å². The highest BCUT2D eigenvalue weighted by Crippen LogP contribution is 2.14. The molecule has 0 bridgehead atoms. The van der Waals surface area contributed by atoms with Crippen LogP contribution in [-0.4, -0.2) is 12.5 Å². The molecule has 0 aliphatic carbocycles. The van der Waals surface area contributed by atoms with E-state index in [0.29, 0.717) is 18.7 Å². The van der Waals surface area contributed by atoms with Gasteiger partial charge in [-0.25, -0.2) is 0 Å². The van der Waals surface area contributed by atoms with Gasteiger partial charge in [-0.05, 0) is 29.8 Å². The highest BCUT2D eigenvalue weighted by Gasteiger charge is 2.04. The highest BCUT2D eigenvalue weighted by atomic mass is 16.5. The molecule has 2 aromatic carbocycles. The Hall–Kier alpha value is -2.55. The van der Waals surface area contributed by atoms with Crippen LogP contribution in [0.4, 0.5) is 0 Å². The second-order valence-electron chi connectivity index (χ2n) is 4.30. The summed E-state index contributed by atoms with van der Waals surface area (Å²) in [6, 6.07) is 17.0. The van der Waals surface area contributed by atoms with Crippen molar-refractivity contribution in [3.63, 3.8) is 0 Å². The number of hydrogen-bond acceptors (Lipinski definition) is 2. The van der Waals surface area contributed by atoms with Crippen LogP contribution < -0.4 is 10.1 Å². The second kappa shape index (κ2) is 7.14. The van der Waals surface area contributed by atoms with Crippen LogP contribution in [0.5, 0.6) is 5.75 Å². The minimum atomic E-state index is -0.112. The van der Waals surface area contributed by atoms with Crippen molar-refractivity contribution in [3.8, 4) is 5.75 Å². The Morgan fingerprint density at radius 3 is 2.45 bits per heavy atom. The third kappa shape index (κ3) is 3.99. The van der Waals surface area contributed by atoms with Gasteiger partial charge in [0.25, 0.3) is 5.91 Å². The van der Waals surface area contributed by atoms with Gasteiger partial charge in [0.05, 0.1) is 0 Å². The molecule has 0 saturated heterocycles. The van der Waals surface area contributed by atoms with Gasteiger partial charge < -0.3 is 10.1 Å². The van der Waals surface area contributed by atoms with Crippen molar-refractivity contribution in [1.29, 1.82) is 0 Å². The van der Waals surface area contributed by atoms with Crippen LogP contribution >= 0.6 is 0 Å². The first-order valence-electron chi connectivity index (χ1n) is 6.45. The average Bonchev–Trinajstić information content (AvgIpc) is 2.52. The van der Waals surface area contributed by atoms with Gasteiger partial charge in [-0.3, -0.25) is 4.79 Å². The summed E-state index contributed by atoms with van der Waals surface area (Å²) in [5.41, 5.74) is 1.72. The van der Waals surface area contributed by atoms with Gasteiger partial charge in [0.2, 0.25) is 0 Å². The van der Waals surface area contributed by atoms with E-state index in [9.17, 15) is 4.79 Å². The molecule has 0 aliphatic heterocycles. The van der Waals surface area contributed by atoms with E-state index in [-0.39, 0.29) is 5.91 Å². The number of benzene rings is 2. The molecule has 0 spiro atoms. The molecule has 3 heteroatoms. The maximum Gasteiger partial charge on any atom is 0.251 e. The van der Waals surface area contributed by atoms with Gasteiger partial charge in [-0.1, -0.05) is 36.4 Å². The van der Waals surface area contributed by atoms with Crippen LogP contribution in [-0.2, 0) is 6.61 Å². The zero-order valence-electron chi connectivity index (χ0n) is 11.2. The van der Waals surface area contributed by atoms with E-state index in [1.54, 1.807) is 30.3 Å². The zero-order valence-corrected chi connectivity index (χ0v) is 11.2. The van der Waals surface area contributed by atoms with Crippen LogP contribution in [0.2, 0.25) is 0 Å². The van der Waals surface area contributed by atoms with Crippen molar-refractivity contribution in [2.24, 2.45) is 0 Å². The largest absolute Gasteiger partial charge is 0.489 e. The fraction of sp³-hybridized carbons (Fsp3) is 0.118. The van der Waals surface area contributed by atoms with Crippen molar-refractivity contribution < 1.29 is 9.53 Å². The number of rotatable bonds is 6. The molecule has 2 rings (SSSR count). The Bertz CT molecular complexity index is 561. The maximum absolute atomic E-state index is 11.7. The van der Waals surface area contributed by atoms with Gasteiger partial charge in [-0.2, -0.15) is 0 Å². The van der Waals surface area contributed by atoms with Crippen molar-refractivity contribution >= 4 is 5.91 Å². The Morgan fingerprint density at radius 1 is 1.10 bits per heavy atom. The minimum Gasteiger partial charge on any atom is -0.489 e. The summed E-state index contributed by atoms with van der Waals surface area (Å²) in [5, 5.41) is 2.73.